The average molecular weight is 876 g/mol. The molecule has 3 N–H and O–H groups in total. The van der Waals surface area contributed by atoms with Gasteiger partial charge in [-0.3, -0.25) is 14.2 Å². The van der Waals surface area contributed by atoms with E-state index in [1.54, 1.807) is 6.07 Å². The van der Waals surface area contributed by atoms with Crippen molar-refractivity contribution in [3.05, 3.63) is 64.1 Å². The third kappa shape index (κ3) is 9.10. The number of alkyl carbamates (subject to hydrolysis) is 1. The SMILES string of the molecule is CCOc1cc(OC2C[C@H]3C(=O)N[C@]4(P(=O)(O)Cc5c(F)cccc5F)C[C@H]4CCCCCCC[C@H](NC(=O)OC4CCCC4)C(=O)N3C2)c2cccc(Br)c2n1. The first-order chi connectivity index (χ1) is 27.4. The highest BCUT2D eigenvalue weighted by molar-refractivity contribution is 9.10. The maximum absolute atomic E-state index is 14.8. The van der Waals surface area contributed by atoms with Crippen LogP contribution in [0.15, 0.2) is 46.9 Å². The molecule has 4 fully saturated rings. The molecule has 6 atom stereocenters. The minimum Gasteiger partial charge on any atom is -0.488 e. The zero-order valence-electron chi connectivity index (χ0n) is 32.0. The lowest BCUT2D eigenvalue weighted by Gasteiger charge is -2.31. The number of amides is 3. The van der Waals surface area contributed by atoms with Gasteiger partial charge < -0.3 is 34.6 Å². The lowest BCUT2D eigenvalue weighted by Crippen LogP contribution is -2.55. The summed E-state index contributed by atoms with van der Waals surface area (Å²) >= 11 is 3.56. The molecular weight excluding hydrogens is 825 g/mol. The second kappa shape index (κ2) is 17.6. The summed E-state index contributed by atoms with van der Waals surface area (Å²) in [7, 11) is -4.51. The van der Waals surface area contributed by atoms with Crippen molar-refractivity contribution in [3.63, 3.8) is 0 Å². The van der Waals surface area contributed by atoms with Crippen LogP contribution in [0.4, 0.5) is 13.6 Å². The van der Waals surface area contributed by atoms with Crippen molar-refractivity contribution in [1.82, 2.24) is 20.5 Å². The van der Waals surface area contributed by atoms with Gasteiger partial charge in [0.2, 0.25) is 25.1 Å². The van der Waals surface area contributed by atoms with Crippen LogP contribution in [0.3, 0.4) is 0 Å². The Bertz CT molecular complexity index is 2020. The number of carbonyl (C=O) groups excluding carboxylic acids is 3. The van der Waals surface area contributed by atoms with Crippen molar-refractivity contribution >= 4 is 52.1 Å². The third-order valence-electron chi connectivity index (χ3n) is 11.8. The van der Waals surface area contributed by atoms with Crippen LogP contribution in [0.2, 0.25) is 0 Å². The van der Waals surface area contributed by atoms with E-state index in [4.69, 9.17) is 14.2 Å². The van der Waals surface area contributed by atoms with E-state index in [-0.39, 0.29) is 25.5 Å². The molecule has 2 aliphatic carbocycles. The van der Waals surface area contributed by atoms with Gasteiger partial charge in [0.05, 0.1) is 24.8 Å². The van der Waals surface area contributed by atoms with Crippen molar-refractivity contribution < 1.29 is 46.8 Å². The summed E-state index contributed by atoms with van der Waals surface area (Å²) in [6.07, 6.45) is 5.78. The highest BCUT2D eigenvalue weighted by Crippen LogP contribution is 2.71. The van der Waals surface area contributed by atoms with Gasteiger partial charge in [-0.2, -0.15) is 0 Å². The molecule has 2 aromatic carbocycles. The number of aromatic nitrogens is 1. The molecule has 7 rings (SSSR count). The Balaban J connectivity index is 1.21. The molecule has 2 aliphatic heterocycles. The zero-order chi connectivity index (χ0) is 40.3. The molecule has 3 amide bonds. The van der Waals surface area contributed by atoms with Crippen LogP contribution in [0.5, 0.6) is 11.6 Å². The predicted octanol–water partition coefficient (Wildman–Crippen LogP) is 8.11. The zero-order valence-corrected chi connectivity index (χ0v) is 34.5. The number of hydrogen-bond acceptors (Lipinski definition) is 8. The van der Waals surface area contributed by atoms with E-state index in [0.717, 1.165) is 63.5 Å². The van der Waals surface area contributed by atoms with Crippen LogP contribution >= 0.6 is 23.3 Å². The number of nitrogens with one attached hydrogen (secondary N) is 2. The summed E-state index contributed by atoms with van der Waals surface area (Å²) in [6, 6.07) is 8.27. The number of benzene rings is 2. The molecule has 308 valence electrons. The Morgan fingerprint density at radius 2 is 1.70 bits per heavy atom. The highest BCUT2D eigenvalue weighted by atomic mass is 79.9. The number of nitrogens with zero attached hydrogens (tertiary/aromatic N) is 2. The fourth-order valence-corrected chi connectivity index (χ4v) is 11.7. The molecule has 16 heteroatoms. The Hall–Kier alpha value is -3.81. The molecule has 1 aromatic heterocycles. The molecule has 0 radical (unpaired) electrons. The van der Waals surface area contributed by atoms with Crippen molar-refractivity contribution in [2.24, 2.45) is 5.92 Å². The van der Waals surface area contributed by atoms with Gasteiger partial charge in [0, 0.05) is 27.9 Å². The van der Waals surface area contributed by atoms with Gasteiger partial charge in [-0.05, 0) is 98.0 Å². The first-order valence-electron chi connectivity index (χ1n) is 20.1. The van der Waals surface area contributed by atoms with E-state index in [9.17, 15) is 32.6 Å². The van der Waals surface area contributed by atoms with Gasteiger partial charge in [0.15, 0.2) is 0 Å². The van der Waals surface area contributed by atoms with Crippen molar-refractivity contribution in [3.8, 4) is 11.6 Å². The Morgan fingerprint density at radius 1 is 1.02 bits per heavy atom. The Kier molecular flexibility index (Phi) is 12.8. The number of halogens is 3. The summed E-state index contributed by atoms with van der Waals surface area (Å²) in [5.74, 6) is -2.73. The minimum atomic E-state index is -4.51. The molecule has 2 saturated heterocycles. The number of carbonyl (C=O) groups is 3. The molecule has 2 saturated carbocycles. The van der Waals surface area contributed by atoms with Gasteiger partial charge in [0.1, 0.15) is 47.0 Å². The number of pyridine rings is 1. The first kappa shape index (κ1) is 41.4. The Morgan fingerprint density at radius 3 is 2.44 bits per heavy atom. The smallest absolute Gasteiger partial charge is 0.408 e. The lowest BCUT2D eigenvalue weighted by atomic mass is 10.0. The summed E-state index contributed by atoms with van der Waals surface area (Å²) in [5.41, 5.74) is 0.0810. The van der Waals surface area contributed by atoms with E-state index in [1.807, 2.05) is 25.1 Å². The second-order valence-electron chi connectivity index (χ2n) is 15.7. The van der Waals surface area contributed by atoms with Crippen LogP contribution < -0.4 is 20.1 Å². The monoisotopic (exact) mass is 874 g/mol. The number of rotatable bonds is 9. The number of hydrogen-bond donors (Lipinski definition) is 3. The van der Waals surface area contributed by atoms with Crippen molar-refractivity contribution in [2.75, 3.05) is 13.2 Å². The molecule has 12 nitrogen and oxygen atoms in total. The minimum absolute atomic E-state index is 0.0109. The summed E-state index contributed by atoms with van der Waals surface area (Å²) in [4.78, 5) is 60.2. The molecule has 2 unspecified atom stereocenters. The number of fused-ring (bicyclic) bond motifs is 3. The van der Waals surface area contributed by atoms with Crippen LogP contribution in [0.1, 0.15) is 96.0 Å². The molecule has 57 heavy (non-hydrogen) atoms. The van der Waals surface area contributed by atoms with Gasteiger partial charge in [-0.25, -0.2) is 18.6 Å². The van der Waals surface area contributed by atoms with E-state index >= 15 is 0 Å². The molecule has 4 aliphatic rings. The van der Waals surface area contributed by atoms with Gasteiger partial charge >= 0.3 is 6.09 Å². The number of ether oxygens (including phenoxy) is 3. The number of para-hydroxylation sites is 1. The van der Waals surface area contributed by atoms with E-state index in [1.165, 1.54) is 11.0 Å². The summed E-state index contributed by atoms with van der Waals surface area (Å²) in [5, 5.41) is 4.72. The van der Waals surface area contributed by atoms with Crippen molar-refractivity contribution in [2.45, 2.75) is 126 Å². The van der Waals surface area contributed by atoms with Crippen LogP contribution in [0, 0.1) is 17.6 Å². The van der Waals surface area contributed by atoms with Crippen molar-refractivity contribution in [1.29, 1.82) is 0 Å². The summed E-state index contributed by atoms with van der Waals surface area (Å²) in [6.45, 7) is 2.15. The fourth-order valence-electron chi connectivity index (χ4n) is 8.76. The lowest BCUT2D eigenvalue weighted by molar-refractivity contribution is -0.140. The quantitative estimate of drug-likeness (QED) is 0.181. The molecule has 0 bridgehead atoms. The fraction of sp³-hybridized carbons (Fsp3) is 0.561. The summed E-state index contributed by atoms with van der Waals surface area (Å²) < 4.78 is 62.8. The average Bonchev–Trinajstić information content (AvgIpc) is 3.43. The Labute approximate surface area is 339 Å². The van der Waals surface area contributed by atoms with Gasteiger partial charge in [-0.1, -0.05) is 44.2 Å². The van der Waals surface area contributed by atoms with E-state index in [0.29, 0.717) is 52.9 Å². The molecule has 3 aromatic rings. The van der Waals surface area contributed by atoms with E-state index in [2.05, 4.69) is 31.5 Å². The second-order valence-corrected chi connectivity index (χ2v) is 19.1. The molecular formula is C41H50BrF2N4O8P. The standard InChI is InChI=1S/C41H50BrF2N4O8P/c1-2-54-36-21-35(28-15-10-16-30(42)37(28)46-36)55-27-20-34-38(49)47-41(57(52,53)24-29-31(43)17-11-18-32(29)44)22-25(41)12-6-4-3-5-7-19-33(39(50)48(34)23-27)45-40(51)56-26-13-8-9-14-26/h10-11,15-18,21,25-27,33-34H,2-9,12-14,19-20,22-24H2,1H3,(H,45,51)(H,47,49)(H,52,53)/t25-,27?,33+,34+,41+/m1/s1. The van der Waals surface area contributed by atoms with Crippen LogP contribution in [-0.4, -0.2) is 75.4 Å². The topological polar surface area (TPSA) is 156 Å². The largest absolute Gasteiger partial charge is 0.488 e. The highest BCUT2D eigenvalue weighted by Gasteiger charge is 2.66. The first-order valence-corrected chi connectivity index (χ1v) is 22.8. The van der Waals surface area contributed by atoms with Gasteiger partial charge in [0.25, 0.3) is 0 Å². The third-order valence-corrected chi connectivity index (χ3v) is 15.1. The molecule has 0 spiro atoms. The van der Waals surface area contributed by atoms with Crippen LogP contribution in [0.25, 0.3) is 10.9 Å². The predicted molar refractivity (Wildman–Crippen MR) is 212 cm³/mol. The maximum atomic E-state index is 14.8. The maximum Gasteiger partial charge on any atom is 0.408 e. The van der Waals surface area contributed by atoms with Gasteiger partial charge in [-0.15, -0.1) is 0 Å². The van der Waals surface area contributed by atoms with E-state index < -0.39 is 78.0 Å². The molecule has 3 heterocycles. The van der Waals surface area contributed by atoms with Crippen LogP contribution in [-0.2, 0) is 25.1 Å². The normalized spacial score (nSPS) is 27.0.